The Kier molecular flexibility index (Phi) is 4.91. The van der Waals surface area contributed by atoms with Gasteiger partial charge in [0, 0.05) is 15.2 Å². The lowest BCUT2D eigenvalue weighted by molar-refractivity contribution is 0.102. The van der Waals surface area contributed by atoms with E-state index in [1.807, 2.05) is 26.0 Å². The predicted octanol–water partition coefficient (Wildman–Crippen LogP) is 4.98. The van der Waals surface area contributed by atoms with E-state index in [9.17, 15) is 4.79 Å². The summed E-state index contributed by atoms with van der Waals surface area (Å²) in [6, 6.07) is 8.76. The number of carbonyl (C=O) groups excluding carboxylic acids is 1. The maximum atomic E-state index is 12.4. The second kappa shape index (κ2) is 6.50. The van der Waals surface area contributed by atoms with Crippen LogP contribution in [-0.4, -0.2) is 13.0 Å². The number of methoxy groups -OCH3 is 1. The molecule has 1 N–H and O–H groups in total. The van der Waals surface area contributed by atoms with E-state index in [0.717, 1.165) is 21.3 Å². The summed E-state index contributed by atoms with van der Waals surface area (Å²) in [6.45, 7) is 3.96. The van der Waals surface area contributed by atoms with Gasteiger partial charge in [-0.3, -0.25) is 4.79 Å². The molecule has 21 heavy (non-hydrogen) atoms. The number of aryl methyl sites for hydroxylation is 2. The Morgan fingerprint density at radius 2 is 1.81 bits per heavy atom. The largest absolute Gasteiger partial charge is 0.496 e. The third-order valence-electron chi connectivity index (χ3n) is 3.10. The zero-order valence-corrected chi connectivity index (χ0v) is 14.3. The highest BCUT2D eigenvalue weighted by molar-refractivity contribution is 9.10. The molecule has 0 heterocycles. The van der Waals surface area contributed by atoms with E-state index in [-0.39, 0.29) is 5.91 Å². The van der Waals surface area contributed by atoms with Crippen molar-refractivity contribution in [2.75, 3.05) is 12.4 Å². The van der Waals surface area contributed by atoms with E-state index in [0.29, 0.717) is 16.3 Å². The van der Waals surface area contributed by atoms with Gasteiger partial charge in [-0.2, -0.15) is 0 Å². The number of hydrogen-bond donors (Lipinski definition) is 1. The van der Waals surface area contributed by atoms with Gasteiger partial charge in [0.05, 0.1) is 12.7 Å². The fourth-order valence-corrected chi connectivity index (χ4v) is 2.46. The summed E-state index contributed by atoms with van der Waals surface area (Å²) in [5.41, 5.74) is 3.32. The molecule has 0 aliphatic heterocycles. The van der Waals surface area contributed by atoms with Crippen LogP contribution in [0.3, 0.4) is 0 Å². The highest BCUT2D eigenvalue weighted by Gasteiger charge is 2.13. The molecule has 110 valence electrons. The van der Waals surface area contributed by atoms with Crippen LogP contribution in [-0.2, 0) is 0 Å². The Morgan fingerprint density at radius 1 is 1.19 bits per heavy atom. The Labute approximate surface area is 137 Å². The number of anilines is 1. The molecule has 0 atom stereocenters. The van der Waals surface area contributed by atoms with E-state index in [2.05, 4.69) is 21.2 Å². The molecule has 0 fully saturated rings. The maximum Gasteiger partial charge on any atom is 0.259 e. The van der Waals surface area contributed by atoms with Gasteiger partial charge in [-0.05, 0) is 55.3 Å². The first-order valence-corrected chi connectivity index (χ1v) is 7.51. The van der Waals surface area contributed by atoms with Crippen molar-refractivity contribution in [1.29, 1.82) is 0 Å². The Morgan fingerprint density at radius 3 is 2.38 bits per heavy atom. The molecule has 3 nitrogen and oxygen atoms in total. The average Bonchev–Trinajstić information content (AvgIpc) is 2.44. The number of nitrogens with one attached hydrogen (secondary N) is 1. The van der Waals surface area contributed by atoms with Gasteiger partial charge in [-0.25, -0.2) is 0 Å². The molecule has 2 rings (SSSR count). The highest BCUT2D eigenvalue weighted by Crippen LogP contribution is 2.27. The standard InChI is InChI=1S/C16H15BrClNO2/c1-9-6-12(7-10(2)15(9)17)19-16(20)13-5-4-11(18)8-14(13)21-3/h4-8H,1-3H3,(H,19,20). The lowest BCUT2D eigenvalue weighted by Gasteiger charge is -2.12. The van der Waals surface area contributed by atoms with Crippen molar-refractivity contribution in [3.8, 4) is 5.75 Å². The second-order valence-electron chi connectivity index (χ2n) is 4.72. The molecule has 5 heteroatoms. The SMILES string of the molecule is COc1cc(Cl)ccc1C(=O)Nc1cc(C)c(Br)c(C)c1. The van der Waals surface area contributed by atoms with Crippen molar-refractivity contribution >= 4 is 39.1 Å². The van der Waals surface area contributed by atoms with Gasteiger partial charge in [-0.15, -0.1) is 0 Å². The van der Waals surface area contributed by atoms with Crippen LogP contribution in [0.2, 0.25) is 5.02 Å². The number of hydrogen-bond acceptors (Lipinski definition) is 2. The minimum Gasteiger partial charge on any atom is -0.496 e. The Bertz CT molecular complexity index is 678. The molecular formula is C16H15BrClNO2. The molecule has 0 saturated heterocycles. The number of ether oxygens (including phenoxy) is 1. The van der Waals surface area contributed by atoms with Crippen LogP contribution in [0.25, 0.3) is 0 Å². The number of rotatable bonds is 3. The molecule has 0 radical (unpaired) electrons. The first-order chi connectivity index (χ1) is 9.92. The summed E-state index contributed by atoms with van der Waals surface area (Å²) in [4.78, 5) is 12.4. The van der Waals surface area contributed by atoms with Gasteiger partial charge in [0.15, 0.2) is 0 Å². The normalized spacial score (nSPS) is 10.3. The summed E-state index contributed by atoms with van der Waals surface area (Å²) in [5, 5.41) is 3.41. The first-order valence-electron chi connectivity index (χ1n) is 6.34. The third kappa shape index (κ3) is 3.57. The lowest BCUT2D eigenvalue weighted by atomic mass is 10.1. The van der Waals surface area contributed by atoms with Crippen LogP contribution < -0.4 is 10.1 Å². The molecule has 0 unspecified atom stereocenters. The molecule has 2 aromatic rings. The molecule has 0 aliphatic rings. The van der Waals surface area contributed by atoms with Crippen LogP contribution in [0.4, 0.5) is 5.69 Å². The van der Waals surface area contributed by atoms with E-state index in [1.165, 1.54) is 7.11 Å². The molecular weight excluding hydrogens is 354 g/mol. The topological polar surface area (TPSA) is 38.3 Å². The lowest BCUT2D eigenvalue weighted by Crippen LogP contribution is -2.13. The van der Waals surface area contributed by atoms with E-state index >= 15 is 0 Å². The molecule has 0 spiro atoms. The van der Waals surface area contributed by atoms with Crippen LogP contribution in [0.5, 0.6) is 5.75 Å². The number of halogens is 2. The minimum absolute atomic E-state index is 0.232. The van der Waals surface area contributed by atoms with Gasteiger partial charge in [0.25, 0.3) is 5.91 Å². The van der Waals surface area contributed by atoms with E-state index in [1.54, 1.807) is 18.2 Å². The molecule has 0 saturated carbocycles. The summed E-state index contributed by atoms with van der Waals surface area (Å²) in [7, 11) is 1.51. The fourth-order valence-electron chi connectivity index (χ4n) is 2.07. The second-order valence-corrected chi connectivity index (χ2v) is 5.95. The number of benzene rings is 2. The van der Waals surface area contributed by atoms with Crippen LogP contribution in [0.1, 0.15) is 21.5 Å². The number of amides is 1. The summed E-state index contributed by atoms with van der Waals surface area (Å²) in [5.74, 6) is 0.218. The van der Waals surface area contributed by atoms with Gasteiger partial charge < -0.3 is 10.1 Å². The van der Waals surface area contributed by atoms with Crippen molar-refractivity contribution in [3.63, 3.8) is 0 Å². The van der Waals surface area contributed by atoms with Gasteiger partial charge in [-0.1, -0.05) is 27.5 Å². The zero-order valence-electron chi connectivity index (χ0n) is 12.0. The van der Waals surface area contributed by atoms with Gasteiger partial charge in [0.2, 0.25) is 0 Å². The molecule has 0 aliphatic carbocycles. The summed E-state index contributed by atoms with van der Waals surface area (Å²) in [6.07, 6.45) is 0. The highest BCUT2D eigenvalue weighted by atomic mass is 79.9. The van der Waals surface area contributed by atoms with Crippen molar-refractivity contribution in [2.45, 2.75) is 13.8 Å². The summed E-state index contributed by atoms with van der Waals surface area (Å²) < 4.78 is 6.24. The monoisotopic (exact) mass is 367 g/mol. The fraction of sp³-hybridized carbons (Fsp3) is 0.188. The van der Waals surface area contributed by atoms with Gasteiger partial charge in [0.1, 0.15) is 5.75 Å². The first kappa shape index (κ1) is 15.9. The van der Waals surface area contributed by atoms with Crippen molar-refractivity contribution in [1.82, 2.24) is 0 Å². The third-order valence-corrected chi connectivity index (χ3v) is 4.59. The van der Waals surface area contributed by atoms with Crippen molar-refractivity contribution in [2.24, 2.45) is 0 Å². The predicted molar refractivity (Wildman–Crippen MR) is 89.6 cm³/mol. The van der Waals surface area contributed by atoms with Crippen molar-refractivity contribution in [3.05, 3.63) is 56.5 Å². The molecule has 0 aromatic heterocycles. The van der Waals surface area contributed by atoms with E-state index < -0.39 is 0 Å². The van der Waals surface area contributed by atoms with Crippen LogP contribution in [0.15, 0.2) is 34.8 Å². The van der Waals surface area contributed by atoms with Crippen LogP contribution in [0, 0.1) is 13.8 Å². The minimum atomic E-state index is -0.232. The van der Waals surface area contributed by atoms with E-state index in [4.69, 9.17) is 16.3 Å². The molecule has 2 aromatic carbocycles. The average molecular weight is 369 g/mol. The summed E-state index contributed by atoms with van der Waals surface area (Å²) >= 11 is 9.41. The molecule has 1 amide bonds. The smallest absolute Gasteiger partial charge is 0.259 e. The molecule has 0 bridgehead atoms. The number of carbonyl (C=O) groups is 1. The van der Waals surface area contributed by atoms with Crippen molar-refractivity contribution < 1.29 is 9.53 Å². The quantitative estimate of drug-likeness (QED) is 0.829. The maximum absolute atomic E-state index is 12.4. The zero-order chi connectivity index (χ0) is 15.6. The Hall–Kier alpha value is -1.52. The Balaban J connectivity index is 2.30. The van der Waals surface area contributed by atoms with Gasteiger partial charge >= 0.3 is 0 Å². The van der Waals surface area contributed by atoms with Crippen LogP contribution >= 0.6 is 27.5 Å².